The van der Waals surface area contributed by atoms with Crippen molar-refractivity contribution in [3.63, 3.8) is 0 Å². The van der Waals surface area contributed by atoms with E-state index in [1.54, 1.807) is 17.0 Å². The third-order valence-electron chi connectivity index (χ3n) is 4.41. The maximum Gasteiger partial charge on any atom is 0.303 e. The van der Waals surface area contributed by atoms with Gasteiger partial charge in [0.15, 0.2) is 5.58 Å². The number of aryl methyl sites for hydroxylation is 1. The van der Waals surface area contributed by atoms with Crippen molar-refractivity contribution in [2.24, 2.45) is 0 Å². The molecule has 1 heterocycles. The molecular weight excluding hydrogens is 356 g/mol. The summed E-state index contributed by atoms with van der Waals surface area (Å²) in [7, 11) is 0. The van der Waals surface area contributed by atoms with E-state index in [0.717, 1.165) is 11.1 Å². The van der Waals surface area contributed by atoms with Crippen molar-refractivity contribution < 1.29 is 18.7 Å². The van der Waals surface area contributed by atoms with Crippen molar-refractivity contribution in [1.29, 1.82) is 0 Å². The first kappa shape index (κ1) is 19.6. The Hall–Kier alpha value is -3.15. The van der Waals surface area contributed by atoms with Crippen molar-refractivity contribution in [2.75, 3.05) is 0 Å². The standard InChI is InChI=1S/C22H24N2O4/c1-14(2)24(13-20-23-18-12-15(3)10-11-19(18)28-20)22(26)21(27-16(4)25)17-8-6-5-7-9-17/h5-12,14,21H,13H2,1-4H3. The fraction of sp³-hybridized carbons (Fsp3) is 0.318. The maximum atomic E-state index is 13.3. The van der Waals surface area contributed by atoms with Crippen molar-refractivity contribution in [3.8, 4) is 0 Å². The van der Waals surface area contributed by atoms with Crippen molar-refractivity contribution in [2.45, 2.75) is 46.4 Å². The number of hydrogen-bond donors (Lipinski definition) is 0. The van der Waals surface area contributed by atoms with E-state index in [-0.39, 0.29) is 18.5 Å². The molecule has 6 nitrogen and oxygen atoms in total. The largest absolute Gasteiger partial charge is 0.447 e. The smallest absolute Gasteiger partial charge is 0.303 e. The first-order chi connectivity index (χ1) is 13.3. The predicted molar refractivity (Wildman–Crippen MR) is 105 cm³/mol. The number of oxazole rings is 1. The number of ether oxygens (including phenoxy) is 1. The number of fused-ring (bicyclic) bond motifs is 1. The van der Waals surface area contributed by atoms with Crippen molar-refractivity contribution in [3.05, 3.63) is 65.5 Å². The number of rotatable bonds is 6. The first-order valence-electron chi connectivity index (χ1n) is 9.24. The highest BCUT2D eigenvalue weighted by atomic mass is 16.5. The fourth-order valence-corrected chi connectivity index (χ4v) is 3.02. The van der Waals surface area contributed by atoms with Crippen LogP contribution in [0.5, 0.6) is 0 Å². The molecule has 3 rings (SSSR count). The molecule has 0 fully saturated rings. The van der Waals surface area contributed by atoms with Crippen LogP contribution in [0.2, 0.25) is 0 Å². The summed E-state index contributed by atoms with van der Waals surface area (Å²) in [5.74, 6) is -0.379. The summed E-state index contributed by atoms with van der Waals surface area (Å²) in [5.41, 5.74) is 3.15. The lowest BCUT2D eigenvalue weighted by molar-refractivity contribution is -0.160. The fourth-order valence-electron chi connectivity index (χ4n) is 3.02. The van der Waals surface area contributed by atoms with Crippen LogP contribution in [0, 0.1) is 6.92 Å². The molecule has 0 aliphatic rings. The molecule has 1 aromatic heterocycles. The molecule has 28 heavy (non-hydrogen) atoms. The normalized spacial score (nSPS) is 12.2. The topological polar surface area (TPSA) is 72.6 Å². The average molecular weight is 380 g/mol. The summed E-state index contributed by atoms with van der Waals surface area (Å²) in [5, 5.41) is 0. The molecule has 0 aliphatic heterocycles. The van der Waals surface area contributed by atoms with E-state index in [0.29, 0.717) is 17.0 Å². The number of amides is 1. The molecule has 0 radical (unpaired) electrons. The number of nitrogens with zero attached hydrogens (tertiary/aromatic N) is 2. The van der Waals surface area contributed by atoms with Crippen LogP contribution in [0.4, 0.5) is 0 Å². The second-order valence-electron chi connectivity index (χ2n) is 7.04. The number of hydrogen-bond acceptors (Lipinski definition) is 5. The Kier molecular flexibility index (Phi) is 5.78. The maximum absolute atomic E-state index is 13.3. The molecule has 2 aromatic carbocycles. The van der Waals surface area contributed by atoms with Gasteiger partial charge < -0.3 is 14.1 Å². The molecule has 3 aromatic rings. The van der Waals surface area contributed by atoms with Crippen LogP contribution < -0.4 is 0 Å². The van der Waals surface area contributed by atoms with Gasteiger partial charge in [0.1, 0.15) is 5.52 Å². The zero-order chi connectivity index (χ0) is 20.3. The molecule has 6 heteroatoms. The number of carbonyl (C=O) groups excluding carboxylic acids is 2. The van der Waals surface area contributed by atoms with E-state index in [1.807, 2.05) is 57.2 Å². The number of carbonyl (C=O) groups is 2. The Morgan fingerprint density at radius 2 is 1.86 bits per heavy atom. The van der Waals surface area contributed by atoms with E-state index in [1.165, 1.54) is 6.92 Å². The summed E-state index contributed by atoms with van der Waals surface area (Å²) in [6.07, 6.45) is -1.01. The van der Waals surface area contributed by atoms with Gasteiger partial charge in [-0.3, -0.25) is 9.59 Å². The molecule has 0 saturated carbocycles. The van der Waals surface area contributed by atoms with Gasteiger partial charge >= 0.3 is 5.97 Å². The number of benzene rings is 2. The lowest BCUT2D eigenvalue weighted by Crippen LogP contribution is -2.40. The van der Waals surface area contributed by atoms with Gasteiger partial charge in [0.25, 0.3) is 5.91 Å². The van der Waals surface area contributed by atoms with Gasteiger partial charge in [-0.15, -0.1) is 0 Å². The van der Waals surface area contributed by atoms with E-state index in [9.17, 15) is 9.59 Å². The van der Waals surface area contributed by atoms with Gasteiger partial charge in [0, 0.05) is 18.5 Å². The summed E-state index contributed by atoms with van der Waals surface area (Å²) < 4.78 is 11.2. The van der Waals surface area contributed by atoms with Crippen LogP contribution in [0.3, 0.4) is 0 Å². The molecule has 1 amide bonds. The van der Waals surface area contributed by atoms with E-state index >= 15 is 0 Å². The second kappa shape index (κ2) is 8.25. The molecule has 1 unspecified atom stereocenters. The highest BCUT2D eigenvalue weighted by Crippen LogP contribution is 2.24. The highest BCUT2D eigenvalue weighted by molar-refractivity contribution is 5.85. The lowest BCUT2D eigenvalue weighted by atomic mass is 10.1. The minimum absolute atomic E-state index is 0.133. The van der Waals surface area contributed by atoms with Crippen LogP contribution in [0.1, 0.15) is 43.9 Å². The van der Waals surface area contributed by atoms with E-state index in [4.69, 9.17) is 9.15 Å². The zero-order valence-electron chi connectivity index (χ0n) is 16.5. The van der Waals surface area contributed by atoms with Gasteiger partial charge in [-0.05, 0) is 38.5 Å². The minimum Gasteiger partial charge on any atom is -0.447 e. The highest BCUT2D eigenvalue weighted by Gasteiger charge is 2.31. The van der Waals surface area contributed by atoms with Gasteiger partial charge in [0.2, 0.25) is 12.0 Å². The average Bonchev–Trinajstić information content (AvgIpc) is 3.05. The predicted octanol–water partition coefficient (Wildman–Crippen LogP) is 4.18. The van der Waals surface area contributed by atoms with Crippen LogP contribution >= 0.6 is 0 Å². The molecule has 0 N–H and O–H groups in total. The van der Waals surface area contributed by atoms with E-state index < -0.39 is 12.1 Å². The Morgan fingerprint density at radius 1 is 1.14 bits per heavy atom. The van der Waals surface area contributed by atoms with Crippen LogP contribution in [-0.4, -0.2) is 27.8 Å². The van der Waals surface area contributed by atoms with Gasteiger partial charge in [-0.2, -0.15) is 0 Å². The molecule has 0 aliphatic carbocycles. The molecule has 0 saturated heterocycles. The Morgan fingerprint density at radius 3 is 2.50 bits per heavy atom. The van der Waals surface area contributed by atoms with Gasteiger partial charge in [-0.1, -0.05) is 36.4 Å². The molecular formula is C22H24N2O4. The summed E-state index contributed by atoms with van der Waals surface area (Å²) in [6.45, 7) is 7.28. The SMILES string of the molecule is CC(=O)OC(C(=O)N(Cc1nc2cc(C)ccc2o1)C(C)C)c1ccccc1. The summed E-state index contributed by atoms with van der Waals surface area (Å²) in [4.78, 5) is 31.0. The second-order valence-corrected chi connectivity index (χ2v) is 7.04. The molecule has 1 atom stereocenters. The van der Waals surface area contributed by atoms with Gasteiger partial charge in [0.05, 0.1) is 6.54 Å². The van der Waals surface area contributed by atoms with Crippen LogP contribution in [-0.2, 0) is 20.9 Å². The van der Waals surface area contributed by atoms with Crippen molar-refractivity contribution in [1.82, 2.24) is 9.88 Å². The Bertz CT molecular complexity index is 979. The zero-order valence-corrected chi connectivity index (χ0v) is 16.5. The third-order valence-corrected chi connectivity index (χ3v) is 4.41. The molecule has 0 bridgehead atoms. The molecule has 0 spiro atoms. The van der Waals surface area contributed by atoms with Crippen LogP contribution in [0.15, 0.2) is 52.9 Å². The minimum atomic E-state index is -1.01. The van der Waals surface area contributed by atoms with Gasteiger partial charge in [-0.25, -0.2) is 4.98 Å². The van der Waals surface area contributed by atoms with E-state index in [2.05, 4.69) is 4.98 Å². The number of aromatic nitrogens is 1. The Labute approximate surface area is 164 Å². The summed E-state index contributed by atoms with van der Waals surface area (Å²) >= 11 is 0. The van der Waals surface area contributed by atoms with Crippen LogP contribution in [0.25, 0.3) is 11.1 Å². The summed E-state index contributed by atoms with van der Waals surface area (Å²) in [6, 6.07) is 14.6. The monoisotopic (exact) mass is 380 g/mol. The third kappa shape index (κ3) is 4.39. The van der Waals surface area contributed by atoms with Crippen molar-refractivity contribution >= 4 is 23.0 Å². The molecule has 146 valence electrons. The quantitative estimate of drug-likeness (QED) is 0.600. The first-order valence-corrected chi connectivity index (χ1v) is 9.24. The Balaban J connectivity index is 1.90. The lowest BCUT2D eigenvalue weighted by Gasteiger charge is -2.29. The number of esters is 1.